The van der Waals surface area contributed by atoms with Crippen molar-refractivity contribution in [3.63, 3.8) is 0 Å². The Kier molecular flexibility index (Phi) is 4.64. The summed E-state index contributed by atoms with van der Waals surface area (Å²) in [5.74, 6) is 2.44. The van der Waals surface area contributed by atoms with E-state index in [9.17, 15) is 0 Å². The first-order valence-electron chi connectivity index (χ1n) is 5.74. The molecule has 1 aliphatic rings. The minimum Gasteiger partial charge on any atom is -0.312 e. The molecule has 1 aromatic rings. The summed E-state index contributed by atoms with van der Waals surface area (Å²) in [5, 5.41) is 4.62. The highest BCUT2D eigenvalue weighted by Gasteiger charge is 2.23. The maximum absolute atomic E-state index is 4.57. The second-order valence-electron chi connectivity index (χ2n) is 4.02. The van der Waals surface area contributed by atoms with Gasteiger partial charge in [-0.15, -0.1) is 11.3 Å². The van der Waals surface area contributed by atoms with Crippen molar-refractivity contribution < 1.29 is 0 Å². The molecule has 2 heterocycles. The van der Waals surface area contributed by atoms with Crippen molar-refractivity contribution in [3.05, 3.63) is 16.1 Å². The van der Waals surface area contributed by atoms with Gasteiger partial charge in [-0.3, -0.25) is 4.90 Å². The van der Waals surface area contributed by atoms with Crippen molar-refractivity contribution in [2.24, 2.45) is 0 Å². The zero-order chi connectivity index (χ0) is 11.4. The average molecular weight is 257 g/mol. The molecule has 0 bridgehead atoms. The fourth-order valence-electron chi connectivity index (χ4n) is 1.75. The van der Waals surface area contributed by atoms with Crippen LogP contribution in [0, 0.1) is 0 Å². The van der Waals surface area contributed by atoms with Crippen LogP contribution in [-0.4, -0.2) is 41.5 Å². The predicted octanol–water partition coefficient (Wildman–Crippen LogP) is 1.97. The molecule has 0 aliphatic carbocycles. The molecule has 1 aliphatic heterocycles. The topological polar surface area (TPSA) is 28.2 Å². The van der Waals surface area contributed by atoms with E-state index in [2.05, 4.69) is 29.2 Å². The maximum atomic E-state index is 4.57. The molecule has 2 rings (SSSR count). The standard InChI is InChI=1S/C11H19N3S2/c1-3-12-6-9-7-13-11(16-9)10-8-15-5-4-14(10)2/h7,10,12H,3-6,8H2,1-2H3. The van der Waals surface area contributed by atoms with Crippen LogP contribution in [0.1, 0.15) is 22.9 Å². The summed E-state index contributed by atoms with van der Waals surface area (Å²) in [4.78, 5) is 8.34. The lowest BCUT2D eigenvalue weighted by atomic mass is 10.3. The highest BCUT2D eigenvalue weighted by atomic mass is 32.2. The van der Waals surface area contributed by atoms with Gasteiger partial charge in [0.2, 0.25) is 0 Å². The first-order chi connectivity index (χ1) is 7.81. The van der Waals surface area contributed by atoms with E-state index < -0.39 is 0 Å². The average Bonchev–Trinajstić information content (AvgIpc) is 2.75. The van der Waals surface area contributed by atoms with E-state index in [1.54, 1.807) is 0 Å². The van der Waals surface area contributed by atoms with Crippen molar-refractivity contribution in [1.82, 2.24) is 15.2 Å². The lowest BCUT2D eigenvalue weighted by Crippen LogP contribution is -2.32. The molecule has 0 radical (unpaired) electrons. The van der Waals surface area contributed by atoms with Gasteiger partial charge in [-0.1, -0.05) is 6.92 Å². The molecular weight excluding hydrogens is 238 g/mol. The van der Waals surface area contributed by atoms with Crippen LogP contribution >= 0.6 is 23.1 Å². The molecule has 1 saturated heterocycles. The van der Waals surface area contributed by atoms with E-state index in [4.69, 9.17) is 0 Å². The number of thioether (sulfide) groups is 1. The number of hydrogen-bond donors (Lipinski definition) is 1. The molecule has 1 aromatic heterocycles. The summed E-state index contributed by atoms with van der Waals surface area (Å²) in [6.45, 7) is 5.29. The van der Waals surface area contributed by atoms with Crippen LogP contribution in [0.5, 0.6) is 0 Å². The van der Waals surface area contributed by atoms with Crippen LogP contribution < -0.4 is 5.32 Å². The van der Waals surface area contributed by atoms with E-state index >= 15 is 0 Å². The Bertz CT molecular complexity index is 327. The van der Waals surface area contributed by atoms with Gasteiger partial charge in [0.25, 0.3) is 0 Å². The van der Waals surface area contributed by atoms with Crippen molar-refractivity contribution >= 4 is 23.1 Å². The second kappa shape index (κ2) is 6.00. The third kappa shape index (κ3) is 2.97. The number of aromatic nitrogens is 1. The van der Waals surface area contributed by atoms with Crippen LogP contribution in [-0.2, 0) is 6.54 Å². The fraction of sp³-hybridized carbons (Fsp3) is 0.727. The Morgan fingerprint density at radius 2 is 2.50 bits per heavy atom. The molecule has 1 atom stereocenters. The third-order valence-corrected chi connectivity index (χ3v) is 4.92. The second-order valence-corrected chi connectivity index (χ2v) is 6.31. The lowest BCUT2D eigenvalue weighted by molar-refractivity contribution is 0.274. The highest BCUT2D eigenvalue weighted by Crippen LogP contribution is 2.30. The molecule has 0 aromatic carbocycles. The predicted molar refractivity (Wildman–Crippen MR) is 72.2 cm³/mol. The van der Waals surface area contributed by atoms with Gasteiger partial charge >= 0.3 is 0 Å². The Morgan fingerprint density at radius 1 is 1.62 bits per heavy atom. The molecular formula is C11H19N3S2. The number of thiazole rings is 1. The highest BCUT2D eigenvalue weighted by molar-refractivity contribution is 7.99. The van der Waals surface area contributed by atoms with Crippen LogP contribution in [0.3, 0.4) is 0 Å². The summed E-state index contributed by atoms with van der Waals surface area (Å²) in [5.41, 5.74) is 0. The molecule has 0 spiro atoms. The molecule has 90 valence electrons. The van der Waals surface area contributed by atoms with E-state index in [-0.39, 0.29) is 0 Å². The van der Waals surface area contributed by atoms with E-state index in [1.165, 1.54) is 27.9 Å². The van der Waals surface area contributed by atoms with Crippen molar-refractivity contribution in [2.75, 3.05) is 31.6 Å². The largest absolute Gasteiger partial charge is 0.312 e. The Morgan fingerprint density at radius 3 is 3.25 bits per heavy atom. The summed E-state index contributed by atoms with van der Waals surface area (Å²) >= 11 is 3.89. The van der Waals surface area contributed by atoms with Crippen molar-refractivity contribution in [2.45, 2.75) is 19.5 Å². The number of rotatable bonds is 4. The van der Waals surface area contributed by atoms with Gasteiger partial charge < -0.3 is 5.32 Å². The fourth-order valence-corrected chi connectivity index (χ4v) is 4.13. The van der Waals surface area contributed by atoms with Gasteiger partial charge in [0.15, 0.2) is 0 Å². The van der Waals surface area contributed by atoms with E-state index in [0.29, 0.717) is 6.04 Å². The molecule has 0 amide bonds. The monoisotopic (exact) mass is 257 g/mol. The smallest absolute Gasteiger partial charge is 0.111 e. The quantitative estimate of drug-likeness (QED) is 0.893. The molecule has 3 nitrogen and oxygen atoms in total. The first-order valence-corrected chi connectivity index (χ1v) is 7.71. The summed E-state index contributed by atoms with van der Waals surface area (Å²) in [7, 11) is 2.20. The molecule has 1 N–H and O–H groups in total. The van der Waals surface area contributed by atoms with Gasteiger partial charge in [-0.25, -0.2) is 4.98 Å². The van der Waals surface area contributed by atoms with Gasteiger partial charge in [0.05, 0.1) is 6.04 Å². The Balaban J connectivity index is 1.99. The third-order valence-electron chi connectivity index (χ3n) is 2.80. The number of hydrogen-bond acceptors (Lipinski definition) is 5. The van der Waals surface area contributed by atoms with Gasteiger partial charge in [-0.05, 0) is 13.6 Å². The normalized spacial score (nSPS) is 22.5. The van der Waals surface area contributed by atoms with Crippen molar-refractivity contribution in [3.8, 4) is 0 Å². The molecule has 1 fully saturated rings. The van der Waals surface area contributed by atoms with Gasteiger partial charge in [0, 0.05) is 35.7 Å². The number of nitrogens with one attached hydrogen (secondary N) is 1. The Hall–Kier alpha value is -0.100. The zero-order valence-corrected chi connectivity index (χ0v) is 11.5. The molecule has 16 heavy (non-hydrogen) atoms. The van der Waals surface area contributed by atoms with Gasteiger partial charge in [-0.2, -0.15) is 11.8 Å². The van der Waals surface area contributed by atoms with E-state index in [1.807, 2.05) is 29.3 Å². The minimum atomic E-state index is 0.527. The maximum Gasteiger partial charge on any atom is 0.111 e. The molecule has 0 saturated carbocycles. The molecule has 5 heteroatoms. The van der Waals surface area contributed by atoms with Crippen LogP contribution in [0.4, 0.5) is 0 Å². The molecule has 1 unspecified atom stereocenters. The number of nitrogens with zero attached hydrogens (tertiary/aromatic N) is 2. The van der Waals surface area contributed by atoms with Crippen molar-refractivity contribution in [1.29, 1.82) is 0 Å². The summed E-state index contributed by atoms with van der Waals surface area (Å²) < 4.78 is 0. The van der Waals surface area contributed by atoms with Gasteiger partial charge in [0.1, 0.15) is 5.01 Å². The van der Waals surface area contributed by atoms with Crippen LogP contribution in [0.2, 0.25) is 0 Å². The summed E-state index contributed by atoms with van der Waals surface area (Å²) in [6.07, 6.45) is 2.02. The summed E-state index contributed by atoms with van der Waals surface area (Å²) in [6, 6.07) is 0.527. The first kappa shape index (κ1) is 12.4. The minimum absolute atomic E-state index is 0.527. The Labute approximate surface area is 106 Å². The zero-order valence-electron chi connectivity index (χ0n) is 9.90. The SMILES string of the molecule is CCNCc1cnc(C2CSCCN2C)s1. The van der Waals surface area contributed by atoms with Crippen LogP contribution in [0.15, 0.2) is 6.20 Å². The lowest BCUT2D eigenvalue weighted by Gasteiger charge is -2.30. The van der Waals surface area contributed by atoms with Crippen LogP contribution in [0.25, 0.3) is 0 Å². The van der Waals surface area contributed by atoms with E-state index in [0.717, 1.165) is 13.1 Å².